The van der Waals surface area contributed by atoms with Gasteiger partial charge in [-0.2, -0.15) is 0 Å². The van der Waals surface area contributed by atoms with E-state index >= 15 is 0 Å². The molecule has 0 aliphatic heterocycles. The first kappa shape index (κ1) is 10.4. The zero-order valence-electron chi connectivity index (χ0n) is 9.18. The van der Waals surface area contributed by atoms with Gasteiger partial charge in [0, 0.05) is 5.92 Å². The highest BCUT2D eigenvalue weighted by molar-refractivity contribution is 5.27. The molecule has 74 valence electrons. The SMILES string of the molecule is CCCC(CC)c1occ(C)c1C. The van der Waals surface area contributed by atoms with Crippen LogP contribution >= 0.6 is 0 Å². The van der Waals surface area contributed by atoms with Crippen molar-refractivity contribution in [3.05, 3.63) is 23.2 Å². The molecule has 0 N–H and O–H groups in total. The summed E-state index contributed by atoms with van der Waals surface area (Å²) < 4.78 is 5.60. The molecule has 1 aromatic heterocycles. The molecule has 1 heterocycles. The van der Waals surface area contributed by atoms with Crippen LogP contribution in [0.1, 0.15) is 55.9 Å². The summed E-state index contributed by atoms with van der Waals surface area (Å²) in [6.07, 6.45) is 5.53. The van der Waals surface area contributed by atoms with Crippen LogP contribution in [-0.2, 0) is 0 Å². The van der Waals surface area contributed by atoms with E-state index in [1.165, 1.54) is 36.1 Å². The molecule has 1 unspecified atom stereocenters. The Morgan fingerprint density at radius 3 is 2.38 bits per heavy atom. The van der Waals surface area contributed by atoms with Gasteiger partial charge in [-0.1, -0.05) is 20.3 Å². The lowest BCUT2D eigenvalue weighted by atomic mass is 9.95. The van der Waals surface area contributed by atoms with Crippen molar-refractivity contribution in [3.8, 4) is 0 Å². The van der Waals surface area contributed by atoms with E-state index in [4.69, 9.17) is 4.42 Å². The maximum atomic E-state index is 5.60. The minimum Gasteiger partial charge on any atom is -0.468 e. The normalized spacial score (nSPS) is 13.2. The van der Waals surface area contributed by atoms with Crippen molar-refractivity contribution in [3.63, 3.8) is 0 Å². The van der Waals surface area contributed by atoms with Gasteiger partial charge in [-0.05, 0) is 37.8 Å². The van der Waals surface area contributed by atoms with Gasteiger partial charge in [0.2, 0.25) is 0 Å². The summed E-state index contributed by atoms with van der Waals surface area (Å²) in [5, 5.41) is 0. The van der Waals surface area contributed by atoms with Gasteiger partial charge >= 0.3 is 0 Å². The number of furan rings is 1. The van der Waals surface area contributed by atoms with Crippen LogP contribution in [-0.4, -0.2) is 0 Å². The Morgan fingerprint density at radius 1 is 1.31 bits per heavy atom. The molecule has 0 bridgehead atoms. The maximum Gasteiger partial charge on any atom is 0.110 e. The predicted molar refractivity (Wildman–Crippen MR) is 56.1 cm³/mol. The van der Waals surface area contributed by atoms with Crippen LogP contribution in [0.25, 0.3) is 0 Å². The monoisotopic (exact) mass is 180 g/mol. The van der Waals surface area contributed by atoms with Crippen molar-refractivity contribution >= 4 is 0 Å². The summed E-state index contributed by atoms with van der Waals surface area (Å²) in [5.41, 5.74) is 2.63. The Hall–Kier alpha value is -0.720. The standard InChI is InChI=1S/C12H20O/c1-5-7-11(6-2)12-10(4)9(3)8-13-12/h8,11H,5-7H2,1-4H3. The lowest BCUT2D eigenvalue weighted by Crippen LogP contribution is -1.97. The van der Waals surface area contributed by atoms with Crippen molar-refractivity contribution in [2.45, 2.75) is 52.9 Å². The van der Waals surface area contributed by atoms with Crippen LogP contribution in [0.15, 0.2) is 10.7 Å². The summed E-state index contributed by atoms with van der Waals surface area (Å²) in [4.78, 5) is 0. The van der Waals surface area contributed by atoms with E-state index in [9.17, 15) is 0 Å². The lowest BCUT2D eigenvalue weighted by Gasteiger charge is -2.11. The minimum atomic E-state index is 0.624. The molecule has 0 fully saturated rings. The van der Waals surface area contributed by atoms with Crippen LogP contribution in [0.5, 0.6) is 0 Å². The molecule has 0 radical (unpaired) electrons. The Kier molecular flexibility index (Phi) is 3.58. The van der Waals surface area contributed by atoms with Crippen LogP contribution in [0.2, 0.25) is 0 Å². The molecular formula is C12H20O. The minimum absolute atomic E-state index is 0.624. The maximum absolute atomic E-state index is 5.60. The quantitative estimate of drug-likeness (QED) is 0.677. The van der Waals surface area contributed by atoms with Gasteiger partial charge in [-0.25, -0.2) is 0 Å². The van der Waals surface area contributed by atoms with Crippen LogP contribution < -0.4 is 0 Å². The Bertz CT molecular complexity index is 260. The summed E-state index contributed by atoms with van der Waals surface area (Å²) in [7, 11) is 0. The Balaban J connectivity index is 2.84. The highest BCUT2D eigenvalue weighted by Gasteiger charge is 2.15. The van der Waals surface area contributed by atoms with Crippen LogP contribution in [0, 0.1) is 13.8 Å². The summed E-state index contributed by atoms with van der Waals surface area (Å²) in [6, 6.07) is 0. The number of hydrogen-bond acceptors (Lipinski definition) is 1. The van der Waals surface area contributed by atoms with E-state index in [1.54, 1.807) is 0 Å². The number of rotatable bonds is 4. The second kappa shape index (κ2) is 4.50. The molecule has 1 aromatic rings. The van der Waals surface area contributed by atoms with Gasteiger partial charge in [0.25, 0.3) is 0 Å². The molecule has 1 atom stereocenters. The van der Waals surface area contributed by atoms with Gasteiger partial charge in [0.1, 0.15) is 5.76 Å². The molecule has 0 aliphatic rings. The second-order valence-corrected chi connectivity index (χ2v) is 3.80. The van der Waals surface area contributed by atoms with Crippen molar-refractivity contribution in [2.24, 2.45) is 0 Å². The molecule has 0 saturated carbocycles. The first-order valence-electron chi connectivity index (χ1n) is 5.25. The van der Waals surface area contributed by atoms with Gasteiger partial charge in [-0.15, -0.1) is 0 Å². The first-order chi connectivity index (χ1) is 6.20. The fourth-order valence-electron chi connectivity index (χ4n) is 1.79. The van der Waals surface area contributed by atoms with Crippen molar-refractivity contribution in [1.82, 2.24) is 0 Å². The molecule has 1 rings (SSSR count). The Morgan fingerprint density at radius 2 is 2.00 bits per heavy atom. The summed E-state index contributed by atoms with van der Waals surface area (Å²) >= 11 is 0. The molecule has 0 spiro atoms. The zero-order chi connectivity index (χ0) is 9.84. The van der Waals surface area contributed by atoms with E-state index in [-0.39, 0.29) is 0 Å². The van der Waals surface area contributed by atoms with E-state index in [0.717, 1.165) is 0 Å². The largest absolute Gasteiger partial charge is 0.468 e. The molecule has 1 heteroatoms. The molecule has 0 aromatic carbocycles. The van der Waals surface area contributed by atoms with Crippen molar-refractivity contribution in [1.29, 1.82) is 0 Å². The average molecular weight is 180 g/mol. The third-order valence-electron chi connectivity index (χ3n) is 2.82. The van der Waals surface area contributed by atoms with Crippen LogP contribution in [0.4, 0.5) is 0 Å². The topological polar surface area (TPSA) is 13.1 Å². The third-order valence-corrected chi connectivity index (χ3v) is 2.82. The van der Waals surface area contributed by atoms with Crippen molar-refractivity contribution in [2.75, 3.05) is 0 Å². The molecule has 0 aliphatic carbocycles. The van der Waals surface area contributed by atoms with Gasteiger partial charge < -0.3 is 4.42 Å². The van der Waals surface area contributed by atoms with Gasteiger partial charge in [0.05, 0.1) is 6.26 Å². The number of aryl methyl sites for hydroxylation is 1. The van der Waals surface area contributed by atoms with E-state index in [0.29, 0.717) is 5.92 Å². The molecule has 1 nitrogen and oxygen atoms in total. The molecular weight excluding hydrogens is 160 g/mol. The van der Waals surface area contributed by atoms with E-state index in [2.05, 4.69) is 27.7 Å². The smallest absolute Gasteiger partial charge is 0.110 e. The highest BCUT2D eigenvalue weighted by Crippen LogP contribution is 2.29. The second-order valence-electron chi connectivity index (χ2n) is 3.80. The first-order valence-corrected chi connectivity index (χ1v) is 5.25. The summed E-state index contributed by atoms with van der Waals surface area (Å²) in [6.45, 7) is 8.74. The fourth-order valence-corrected chi connectivity index (χ4v) is 1.79. The zero-order valence-corrected chi connectivity index (χ0v) is 9.18. The van der Waals surface area contributed by atoms with E-state index < -0.39 is 0 Å². The number of hydrogen-bond donors (Lipinski definition) is 0. The molecule has 13 heavy (non-hydrogen) atoms. The van der Waals surface area contributed by atoms with Crippen molar-refractivity contribution < 1.29 is 4.42 Å². The van der Waals surface area contributed by atoms with E-state index in [1.807, 2.05) is 6.26 Å². The highest BCUT2D eigenvalue weighted by atomic mass is 16.3. The van der Waals surface area contributed by atoms with Crippen LogP contribution in [0.3, 0.4) is 0 Å². The van der Waals surface area contributed by atoms with Gasteiger partial charge in [-0.3, -0.25) is 0 Å². The fraction of sp³-hybridized carbons (Fsp3) is 0.667. The predicted octanol–water partition coefficient (Wildman–Crippen LogP) is 4.19. The lowest BCUT2D eigenvalue weighted by molar-refractivity contribution is 0.433. The average Bonchev–Trinajstić information content (AvgIpc) is 2.45. The Labute approximate surface area is 81.1 Å². The summed E-state index contributed by atoms with van der Waals surface area (Å²) in [5.74, 6) is 1.83. The molecule has 0 amide bonds. The third kappa shape index (κ3) is 2.15. The molecule has 0 saturated heterocycles. The van der Waals surface area contributed by atoms with Gasteiger partial charge in [0.15, 0.2) is 0 Å².